The first-order chi connectivity index (χ1) is 23.8. The minimum atomic E-state index is 0.600. The molecular formula is C42H26N6. The van der Waals surface area contributed by atoms with E-state index >= 15 is 0 Å². The fraction of sp³-hybridized carbons (Fsp3) is 0. The van der Waals surface area contributed by atoms with Crippen molar-refractivity contribution in [3.05, 3.63) is 158 Å². The van der Waals surface area contributed by atoms with Gasteiger partial charge in [-0.1, -0.05) is 103 Å². The lowest BCUT2D eigenvalue weighted by Gasteiger charge is -2.14. The van der Waals surface area contributed by atoms with Crippen LogP contribution in [-0.4, -0.2) is 29.1 Å². The zero-order valence-electron chi connectivity index (χ0n) is 25.7. The summed E-state index contributed by atoms with van der Waals surface area (Å²) in [6.45, 7) is 0. The maximum atomic E-state index is 5.37. The summed E-state index contributed by atoms with van der Waals surface area (Å²) in [5.41, 5.74) is 9.67. The summed E-state index contributed by atoms with van der Waals surface area (Å²) < 4.78 is 4.63. The zero-order chi connectivity index (χ0) is 31.6. The number of aromatic nitrogens is 6. The van der Waals surface area contributed by atoms with E-state index in [9.17, 15) is 0 Å². The summed E-state index contributed by atoms with van der Waals surface area (Å²) in [6, 6.07) is 50.5. The molecule has 6 nitrogen and oxygen atoms in total. The van der Waals surface area contributed by atoms with Gasteiger partial charge in [0.15, 0.2) is 0 Å². The molecular weight excluding hydrogens is 589 g/mol. The van der Waals surface area contributed by atoms with E-state index in [1.165, 1.54) is 10.8 Å². The fourth-order valence-corrected chi connectivity index (χ4v) is 7.14. The Morgan fingerprint density at radius 3 is 1.77 bits per heavy atom. The molecule has 0 N–H and O–H groups in total. The average molecular weight is 615 g/mol. The van der Waals surface area contributed by atoms with Gasteiger partial charge in [-0.15, -0.1) is 0 Å². The van der Waals surface area contributed by atoms with Crippen LogP contribution in [0.5, 0.6) is 0 Å². The van der Waals surface area contributed by atoms with Gasteiger partial charge >= 0.3 is 0 Å². The summed E-state index contributed by atoms with van der Waals surface area (Å²) in [5.74, 6) is 0.600. The number of rotatable bonds is 4. The Balaban J connectivity index is 1.38. The standard InChI is InChI=1S/C42H26N6/c1-3-13-27(14-4-1)39-33-26-44-36(34-19-11-12-24-43-34)25-35(33)45-42(46-39)48-38-21-10-8-18-30(38)32-23-22-31-29-17-7-9-20-37(29)47(40(31)41(32)48)28-15-5-2-6-16-28/h1-26H. The number of benzene rings is 5. The first-order valence-electron chi connectivity index (χ1n) is 16.0. The molecule has 48 heavy (non-hydrogen) atoms. The third-order valence-corrected chi connectivity index (χ3v) is 9.23. The van der Waals surface area contributed by atoms with Crippen molar-refractivity contribution in [3.63, 3.8) is 0 Å². The highest BCUT2D eigenvalue weighted by atomic mass is 15.2. The smallest absolute Gasteiger partial charge is 0.235 e. The van der Waals surface area contributed by atoms with Crippen LogP contribution < -0.4 is 0 Å². The van der Waals surface area contributed by atoms with E-state index in [0.29, 0.717) is 5.95 Å². The normalized spacial score (nSPS) is 11.8. The summed E-state index contributed by atoms with van der Waals surface area (Å²) >= 11 is 0. The highest BCUT2D eigenvalue weighted by molar-refractivity contribution is 6.23. The van der Waals surface area contributed by atoms with Crippen LogP contribution in [0, 0.1) is 0 Å². The molecule has 0 bridgehead atoms. The minimum absolute atomic E-state index is 0.600. The van der Waals surface area contributed by atoms with Crippen molar-refractivity contribution in [1.82, 2.24) is 29.1 Å². The van der Waals surface area contributed by atoms with Gasteiger partial charge in [0.05, 0.1) is 44.7 Å². The number of pyridine rings is 2. The van der Waals surface area contributed by atoms with E-state index in [1.54, 1.807) is 6.20 Å². The first-order valence-corrected chi connectivity index (χ1v) is 16.0. The molecule has 0 atom stereocenters. The molecule has 0 saturated heterocycles. The van der Waals surface area contributed by atoms with E-state index < -0.39 is 0 Å². The zero-order valence-corrected chi connectivity index (χ0v) is 25.7. The van der Waals surface area contributed by atoms with Crippen LogP contribution in [0.15, 0.2) is 158 Å². The SMILES string of the molecule is c1ccc(-c2nc(-n3c4ccccc4c4ccc5c6ccccc6n(-c6ccccc6)c5c43)nc3cc(-c4ccccn4)ncc23)cc1. The maximum absolute atomic E-state index is 5.37. The van der Waals surface area contributed by atoms with Gasteiger partial charge in [0.1, 0.15) is 0 Å². The highest BCUT2D eigenvalue weighted by Crippen LogP contribution is 2.41. The van der Waals surface area contributed by atoms with Crippen LogP contribution in [0.1, 0.15) is 0 Å². The largest absolute Gasteiger partial charge is 0.307 e. The summed E-state index contributed by atoms with van der Waals surface area (Å²) in [6.07, 6.45) is 3.67. The van der Waals surface area contributed by atoms with E-state index in [-0.39, 0.29) is 0 Å². The topological polar surface area (TPSA) is 61.4 Å². The van der Waals surface area contributed by atoms with Crippen molar-refractivity contribution in [2.45, 2.75) is 0 Å². The van der Waals surface area contributed by atoms with Crippen molar-refractivity contribution in [3.8, 4) is 34.3 Å². The lowest BCUT2D eigenvalue weighted by Crippen LogP contribution is -2.05. The third-order valence-electron chi connectivity index (χ3n) is 9.23. The molecule has 0 aliphatic carbocycles. The van der Waals surface area contributed by atoms with Crippen molar-refractivity contribution in [2.75, 3.05) is 0 Å². The lowest BCUT2D eigenvalue weighted by molar-refractivity contribution is 1.01. The molecule has 0 fully saturated rings. The van der Waals surface area contributed by atoms with E-state index in [4.69, 9.17) is 15.0 Å². The van der Waals surface area contributed by atoms with Gasteiger partial charge in [-0.05, 0) is 42.5 Å². The first kappa shape index (κ1) is 26.5. The average Bonchev–Trinajstić information content (AvgIpc) is 3.68. The molecule has 5 heterocycles. The molecule has 10 aromatic rings. The molecule has 0 unspecified atom stereocenters. The Hall–Kier alpha value is -6.66. The highest BCUT2D eigenvalue weighted by Gasteiger charge is 2.23. The quantitative estimate of drug-likeness (QED) is 0.198. The molecule has 0 radical (unpaired) electrons. The van der Waals surface area contributed by atoms with Gasteiger partial charge in [-0.25, -0.2) is 9.97 Å². The van der Waals surface area contributed by atoms with E-state index in [1.807, 2.05) is 48.7 Å². The van der Waals surface area contributed by atoms with Crippen LogP contribution in [0.4, 0.5) is 0 Å². The Morgan fingerprint density at radius 2 is 1.06 bits per heavy atom. The van der Waals surface area contributed by atoms with Crippen LogP contribution >= 0.6 is 0 Å². The van der Waals surface area contributed by atoms with Gasteiger partial charge in [-0.2, -0.15) is 0 Å². The van der Waals surface area contributed by atoms with Crippen LogP contribution in [0.25, 0.3) is 88.8 Å². The second-order valence-corrected chi connectivity index (χ2v) is 11.9. The molecule has 0 spiro atoms. The second kappa shape index (κ2) is 10.4. The Morgan fingerprint density at radius 1 is 0.438 bits per heavy atom. The number of hydrogen-bond acceptors (Lipinski definition) is 4. The van der Waals surface area contributed by atoms with Crippen LogP contribution in [-0.2, 0) is 0 Å². The number of hydrogen-bond donors (Lipinski definition) is 0. The molecule has 5 aromatic heterocycles. The second-order valence-electron chi connectivity index (χ2n) is 11.9. The monoisotopic (exact) mass is 614 g/mol. The van der Waals surface area contributed by atoms with Crippen molar-refractivity contribution in [1.29, 1.82) is 0 Å². The predicted octanol–water partition coefficient (Wildman–Crippen LogP) is 9.95. The molecule has 0 aliphatic heterocycles. The summed E-state index contributed by atoms with van der Waals surface area (Å²) in [4.78, 5) is 20.1. The van der Waals surface area contributed by atoms with E-state index in [2.05, 4.69) is 117 Å². The van der Waals surface area contributed by atoms with Crippen molar-refractivity contribution < 1.29 is 0 Å². The predicted molar refractivity (Wildman–Crippen MR) is 195 cm³/mol. The van der Waals surface area contributed by atoms with Gasteiger partial charge < -0.3 is 4.57 Å². The lowest BCUT2D eigenvalue weighted by atomic mass is 10.1. The van der Waals surface area contributed by atoms with Gasteiger partial charge in [0.2, 0.25) is 5.95 Å². The molecule has 0 aliphatic rings. The van der Waals surface area contributed by atoms with Gasteiger partial charge in [-0.3, -0.25) is 14.5 Å². The molecule has 10 rings (SSSR count). The van der Waals surface area contributed by atoms with Crippen LogP contribution in [0.2, 0.25) is 0 Å². The van der Waals surface area contributed by atoms with Crippen molar-refractivity contribution >= 4 is 54.5 Å². The molecule has 224 valence electrons. The number of para-hydroxylation sites is 3. The van der Waals surface area contributed by atoms with E-state index in [0.717, 1.165) is 72.1 Å². The summed E-state index contributed by atoms with van der Waals surface area (Å²) in [5, 5.41) is 5.55. The Labute approximate surface area is 275 Å². The molecule has 0 amide bonds. The summed E-state index contributed by atoms with van der Waals surface area (Å²) in [7, 11) is 0. The van der Waals surface area contributed by atoms with Crippen LogP contribution in [0.3, 0.4) is 0 Å². The van der Waals surface area contributed by atoms with Gasteiger partial charge in [0.25, 0.3) is 0 Å². The Kier molecular flexibility index (Phi) is 5.77. The number of nitrogens with zero attached hydrogens (tertiary/aromatic N) is 6. The molecule has 6 heteroatoms. The molecule has 0 saturated carbocycles. The minimum Gasteiger partial charge on any atom is -0.307 e. The maximum Gasteiger partial charge on any atom is 0.235 e. The van der Waals surface area contributed by atoms with Crippen molar-refractivity contribution in [2.24, 2.45) is 0 Å². The molecule has 5 aromatic carbocycles. The third kappa shape index (κ3) is 3.93. The van der Waals surface area contributed by atoms with Gasteiger partial charge in [0, 0.05) is 50.6 Å². The number of fused-ring (bicyclic) bond motifs is 8. The Bertz CT molecular complexity index is 2820. The fourth-order valence-electron chi connectivity index (χ4n) is 7.14.